The van der Waals surface area contributed by atoms with Crippen molar-refractivity contribution in [2.75, 3.05) is 5.32 Å². The molecule has 2 amide bonds. The van der Waals surface area contributed by atoms with Crippen molar-refractivity contribution in [2.45, 2.75) is 20.3 Å². The number of hydrazine groups is 1. The van der Waals surface area contributed by atoms with Crippen LogP contribution in [0.25, 0.3) is 0 Å². The van der Waals surface area contributed by atoms with Gasteiger partial charge in [0.1, 0.15) is 0 Å². The van der Waals surface area contributed by atoms with Crippen molar-refractivity contribution >= 4 is 11.7 Å². The van der Waals surface area contributed by atoms with Crippen LogP contribution >= 0.6 is 0 Å². The van der Waals surface area contributed by atoms with Gasteiger partial charge in [-0.15, -0.1) is 0 Å². The molecule has 0 aliphatic heterocycles. The fraction of sp³-hybridized carbons (Fsp3) is 0.300. The van der Waals surface area contributed by atoms with Gasteiger partial charge in [0.2, 0.25) is 0 Å². The van der Waals surface area contributed by atoms with Gasteiger partial charge in [-0.25, -0.2) is 10.6 Å². The van der Waals surface area contributed by atoms with Crippen LogP contribution < -0.4 is 16.6 Å². The van der Waals surface area contributed by atoms with Gasteiger partial charge in [-0.3, -0.25) is 5.43 Å². The first-order valence-electron chi connectivity index (χ1n) is 4.54. The highest BCUT2D eigenvalue weighted by atomic mass is 16.2. The number of nitrogens with two attached hydrogens (primary N) is 1. The lowest BCUT2D eigenvalue weighted by molar-refractivity contribution is 0.252. The number of rotatable bonds is 2. The maximum absolute atomic E-state index is 10.9. The van der Waals surface area contributed by atoms with Gasteiger partial charge < -0.3 is 5.32 Å². The second-order valence-electron chi connectivity index (χ2n) is 3.09. The van der Waals surface area contributed by atoms with E-state index in [4.69, 9.17) is 5.84 Å². The Labute approximate surface area is 83.5 Å². The minimum absolute atomic E-state index is 0.409. The fourth-order valence-corrected chi connectivity index (χ4v) is 1.34. The molecule has 0 aliphatic carbocycles. The number of carbonyl (C=O) groups is 1. The first-order valence-corrected chi connectivity index (χ1v) is 4.54. The Balaban J connectivity index is 2.81. The highest BCUT2D eigenvalue weighted by Crippen LogP contribution is 2.15. The molecule has 4 nitrogen and oxygen atoms in total. The number of hydrogen-bond acceptors (Lipinski definition) is 2. The molecule has 4 heteroatoms. The summed E-state index contributed by atoms with van der Waals surface area (Å²) in [6.45, 7) is 4.12. The minimum Gasteiger partial charge on any atom is -0.307 e. The van der Waals surface area contributed by atoms with Crippen LogP contribution in [0.3, 0.4) is 0 Å². The SMILES string of the molecule is CCc1ccc(NC(=O)NN)cc1C. The van der Waals surface area contributed by atoms with Crippen molar-refractivity contribution in [3.63, 3.8) is 0 Å². The summed E-state index contributed by atoms with van der Waals surface area (Å²) < 4.78 is 0. The van der Waals surface area contributed by atoms with E-state index in [1.54, 1.807) is 0 Å². The molecule has 1 aromatic rings. The van der Waals surface area contributed by atoms with E-state index in [1.807, 2.05) is 30.5 Å². The zero-order valence-corrected chi connectivity index (χ0v) is 8.42. The van der Waals surface area contributed by atoms with Crippen molar-refractivity contribution in [3.05, 3.63) is 29.3 Å². The van der Waals surface area contributed by atoms with Gasteiger partial charge in [-0.1, -0.05) is 13.0 Å². The number of amides is 2. The number of nitrogens with one attached hydrogen (secondary N) is 2. The fourth-order valence-electron chi connectivity index (χ4n) is 1.34. The molecule has 0 saturated heterocycles. The lowest BCUT2D eigenvalue weighted by atomic mass is 10.1. The lowest BCUT2D eigenvalue weighted by Gasteiger charge is -2.07. The molecular formula is C10H15N3O. The molecule has 0 bridgehead atoms. The second kappa shape index (κ2) is 4.62. The molecule has 0 saturated carbocycles. The molecule has 0 spiro atoms. The lowest BCUT2D eigenvalue weighted by Crippen LogP contribution is -2.34. The Morgan fingerprint density at radius 1 is 1.50 bits per heavy atom. The Kier molecular flexibility index (Phi) is 3.48. The monoisotopic (exact) mass is 193 g/mol. The third kappa shape index (κ3) is 2.47. The molecule has 4 N–H and O–H groups in total. The van der Waals surface area contributed by atoms with Crippen LogP contribution in [0.5, 0.6) is 0 Å². The van der Waals surface area contributed by atoms with E-state index in [-0.39, 0.29) is 0 Å². The van der Waals surface area contributed by atoms with Gasteiger partial charge in [0.15, 0.2) is 0 Å². The molecule has 0 atom stereocenters. The summed E-state index contributed by atoms with van der Waals surface area (Å²) in [5, 5.41) is 2.61. The van der Waals surface area contributed by atoms with Gasteiger partial charge >= 0.3 is 6.03 Å². The smallest absolute Gasteiger partial charge is 0.307 e. The highest BCUT2D eigenvalue weighted by molar-refractivity contribution is 5.88. The second-order valence-corrected chi connectivity index (χ2v) is 3.09. The van der Waals surface area contributed by atoms with Crippen LogP contribution in [0.4, 0.5) is 10.5 Å². The van der Waals surface area contributed by atoms with Crippen LogP contribution in [0, 0.1) is 6.92 Å². The predicted molar refractivity (Wildman–Crippen MR) is 56.9 cm³/mol. The molecular weight excluding hydrogens is 178 g/mol. The van der Waals surface area contributed by atoms with Crippen molar-refractivity contribution in [3.8, 4) is 0 Å². The van der Waals surface area contributed by atoms with Crippen LogP contribution in [-0.4, -0.2) is 6.03 Å². The molecule has 76 valence electrons. The molecule has 1 aromatic carbocycles. The standard InChI is InChI=1S/C10H15N3O/c1-3-8-4-5-9(6-7(8)2)12-10(14)13-11/h4-6H,3,11H2,1-2H3,(H2,12,13,14). The summed E-state index contributed by atoms with van der Waals surface area (Å²) in [6.07, 6.45) is 0.995. The average molecular weight is 193 g/mol. The summed E-state index contributed by atoms with van der Waals surface area (Å²) >= 11 is 0. The van der Waals surface area contributed by atoms with E-state index in [2.05, 4.69) is 12.2 Å². The molecule has 0 aromatic heterocycles. The Hall–Kier alpha value is -1.55. The first kappa shape index (κ1) is 10.5. The van der Waals surface area contributed by atoms with E-state index < -0.39 is 6.03 Å². The first-order chi connectivity index (χ1) is 6.67. The van der Waals surface area contributed by atoms with E-state index in [0.717, 1.165) is 12.1 Å². The molecule has 14 heavy (non-hydrogen) atoms. The maximum Gasteiger partial charge on any atom is 0.333 e. The summed E-state index contributed by atoms with van der Waals surface area (Å²) in [4.78, 5) is 10.9. The highest BCUT2D eigenvalue weighted by Gasteiger charge is 2.01. The van der Waals surface area contributed by atoms with Crippen molar-refractivity contribution in [1.82, 2.24) is 5.43 Å². The van der Waals surface area contributed by atoms with Crippen molar-refractivity contribution in [1.29, 1.82) is 0 Å². The van der Waals surface area contributed by atoms with Crippen LogP contribution in [-0.2, 0) is 6.42 Å². The largest absolute Gasteiger partial charge is 0.333 e. The van der Waals surface area contributed by atoms with E-state index in [0.29, 0.717) is 0 Å². The molecule has 0 fully saturated rings. The average Bonchev–Trinajstić information content (AvgIpc) is 2.18. The molecule has 0 unspecified atom stereocenters. The topological polar surface area (TPSA) is 67.2 Å². The molecule has 0 radical (unpaired) electrons. The van der Waals surface area contributed by atoms with E-state index in [1.165, 1.54) is 11.1 Å². The summed E-state index contributed by atoms with van der Waals surface area (Å²) in [5.74, 6) is 4.95. The number of aryl methyl sites for hydroxylation is 2. The Morgan fingerprint density at radius 2 is 2.21 bits per heavy atom. The normalized spacial score (nSPS) is 9.64. The molecule has 0 heterocycles. The Morgan fingerprint density at radius 3 is 2.71 bits per heavy atom. The number of hydrogen-bond donors (Lipinski definition) is 3. The zero-order valence-electron chi connectivity index (χ0n) is 8.42. The summed E-state index contributed by atoms with van der Waals surface area (Å²) in [5.41, 5.74) is 5.21. The third-order valence-electron chi connectivity index (χ3n) is 2.11. The van der Waals surface area contributed by atoms with Crippen LogP contribution in [0.15, 0.2) is 18.2 Å². The Bertz CT molecular complexity index is 336. The number of anilines is 1. The van der Waals surface area contributed by atoms with Gasteiger partial charge in [0, 0.05) is 5.69 Å². The van der Waals surface area contributed by atoms with Gasteiger partial charge in [-0.05, 0) is 36.6 Å². The van der Waals surface area contributed by atoms with Crippen molar-refractivity contribution < 1.29 is 4.79 Å². The predicted octanol–water partition coefficient (Wildman–Crippen LogP) is 1.55. The van der Waals surface area contributed by atoms with Gasteiger partial charge in [0.25, 0.3) is 0 Å². The third-order valence-corrected chi connectivity index (χ3v) is 2.11. The number of carbonyl (C=O) groups excluding carboxylic acids is 1. The summed E-state index contributed by atoms with van der Waals surface area (Å²) in [7, 11) is 0. The van der Waals surface area contributed by atoms with E-state index in [9.17, 15) is 4.79 Å². The molecule has 0 aliphatic rings. The van der Waals surface area contributed by atoms with Crippen LogP contribution in [0.1, 0.15) is 18.1 Å². The minimum atomic E-state index is -0.409. The van der Waals surface area contributed by atoms with E-state index >= 15 is 0 Å². The van der Waals surface area contributed by atoms with Crippen LogP contribution in [0.2, 0.25) is 0 Å². The quantitative estimate of drug-likeness (QED) is 0.379. The number of urea groups is 1. The van der Waals surface area contributed by atoms with Crippen molar-refractivity contribution in [2.24, 2.45) is 5.84 Å². The maximum atomic E-state index is 10.9. The zero-order chi connectivity index (χ0) is 10.6. The van der Waals surface area contributed by atoms with Gasteiger partial charge in [-0.2, -0.15) is 0 Å². The number of benzene rings is 1. The molecule has 1 rings (SSSR count). The van der Waals surface area contributed by atoms with Gasteiger partial charge in [0.05, 0.1) is 0 Å². The summed E-state index contributed by atoms with van der Waals surface area (Å²) in [6, 6.07) is 5.38.